The van der Waals surface area contributed by atoms with Crippen LogP contribution in [-0.4, -0.2) is 17.9 Å². The first-order valence-electron chi connectivity index (χ1n) is 5.05. The zero-order chi connectivity index (χ0) is 12.1. The lowest BCUT2D eigenvalue weighted by atomic mass is 10.0. The van der Waals surface area contributed by atoms with Crippen LogP contribution < -0.4 is 5.73 Å². The van der Waals surface area contributed by atoms with E-state index in [4.69, 9.17) is 33.7 Å². The Morgan fingerprint density at radius 3 is 2.38 bits per heavy atom. The molecule has 1 rings (SSSR count). The minimum atomic E-state index is -0.866. The quantitative estimate of drug-likeness (QED) is 0.804. The van der Waals surface area contributed by atoms with Gasteiger partial charge >= 0.3 is 0 Å². The molecular weight excluding hydrogens is 249 g/mol. The van der Waals surface area contributed by atoms with Crippen LogP contribution in [-0.2, 0) is 4.74 Å². The minimum absolute atomic E-state index is 0.0532. The second-order valence-electron chi connectivity index (χ2n) is 3.36. The monoisotopic (exact) mass is 263 g/mol. The van der Waals surface area contributed by atoms with Gasteiger partial charge < -0.3 is 15.6 Å². The smallest absolute Gasteiger partial charge is 0.108 e. The van der Waals surface area contributed by atoms with Crippen molar-refractivity contribution in [1.82, 2.24) is 0 Å². The Balaban J connectivity index is 2.98. The maximum atomic E-state index is 10.1. The third-order valence-corrected chi connectivity index (χ3v) is 3.02. The molecule has 3 nitrogen and oxygen atoms in total. The average Bonchev–Trinajstić information content (AvgIpc) is 2.25. The van der Waals surface area contributed by atoms with Crippen LogP contribution in [0.5, 0.6) is 0 Å². The molecule has 0 heterocycles. The van der Waals surface area contributed by atoms with Gasteiger partial charge in [-0.05, 0) is 18.6 Å². The van der Waals surface area contributed by atoms with E-state index in [0.717, 1.165) is 0 Å². The first-order valence-corrected chi connectivity index (χ1v) is 5.81. The first kappa shape index (κ1) is 13.7. The summed E-state index contributed by atoms with van der Waals surface area (Å²) in [6.07, 6.45) is -0.642. The van der Waals surface area contributed by atoms with Gasteiger partial charge in [-0.2, -0.15) is 0 Å². The van der Waals surface area contributed by atoms with Crippen molar-refractivity contribution in [3.8, 4) is 0 Å². The van der Waals surface area contributed by atoms with Gasteiger partial charge in [0, 0.05) is 15.6 Å². The van der Waals surface area contributed by atoms with Crippen molar-refractivity contribution < 1.29 is 9.84 Å². The normalized spacial score (nSPS) is 14.8. The molecule has 0 aliphatic heterocycles. The summed E-state index contributed by atoms with van der Waals surface area (Å²) in [5, 5.41) is 11.0. The fourth-order valence-corrected chi connectivity index (χ4v) is 2.16. The van der Waals surface area contributed by atoms with E-state index in [0.29, 0.717) is 22.0 Å². The van der Waals surface area contributed by atoms with Gasteiger partial charge in [-0.1, -0.05) is 36.2 Å². The Morgan fingerprint density at radius 2 is 1.94 bits per heavy atom. The summed E-state index contributed by atoms with van der Waals surface area (Å²) >= 11 is 12.0. The van der Waals surface area contributed by atoms with E-state index in [1.54, 1.807) is 18.2 Å². The van der Waals surface area contributed by atoms with Crippen LogP contribution in [0.1, 0.15) is 25.0 Å². The molecule has 0 aliphatic carbocycles. The molecular formula is C11H15Cl2NO2. The molecule has 90 valence electrons. The molecule has 1 aromatic carbocycles. The second-order valence-corrected chi connectivity index (χ2v) is 4.17. The van der Waals surface area contributed by atoms with Crippen molar-refractivity contribution in [2.75, 3.05) is 6.73 Å². The van der Waals surface area contributed by atoms with E-state index >= 15 is 0 Å². The molecule has 0 aromatic heterocycles. The van der Waals surface area contributed by atoms with Crippen LogP contribution in [0.2, 0.25) is 10.0 Å². The Kier molecular flexibility index (Phi) is 5.52. The van der Waals surface area contributed by atoms with E-state index in [2.05, 4.69) is 0 Å². The van der Waals surface area contributed by atoms with E-state index in [9.17, 15) is 5.11 Å². The predicted molar refractivity (Wildman–Crippen MR) is 65.6 cm³/mol. The number of aliphatic hydroxyl groups excluding tert-OH is 1. The third kappa shape index (κ3) is 3.09. The SMILES string of the molecule is CCC(OCN)C(O)c1c(Cl)cccc1Cl. The van der Waals surface area contributed by atoms with E-state index in [-0.39, 0.29) is 6.73 Å². The van der Waals surface area contributed by atoms with Crippen LogP contribution in [0.4, 0.5) is 0 Å². The zero-order valence-corrected chi connectivity index (χ0v) is 10.5. The molecule has 0 spiro atoms. The molecule has 0 saturated heterocycles. The summed E-state index contributed by atoms with van der Waals surface area (Å²) in [6, 6.07) is 5.09. The van der Waals surface area contributed by atoms with Gasteiger partial charge in [0.15, 0.2) is 0 Å². The van der Waals surface area contributed by atoms with Gasteiger partial charge in [-0.25, -0.2) is 0 Å². The number of hydrogen-bond donors (Lipinski definition) is 2. The number of nitrogens with two attached hydrogens (primary N) is 1. The van der Waals surface area contributed by atoms with Crippen molar-refractivity contribution in [3.63, 3.8) is 0 Å². The van der Waals surface area contributed by atoms with Crippen molar-refractivity contribution in [2.45, 2.75) is 25.6 Å². The van der Waals surface area contributed by atoms with Gasteiger partial charge in [0.1, 0.15) is 6.10 Å². The average molecular weight is 264 g/mol. The van der Waals surface area contributed by atoms with Crippen molar-refractivity contribution in [1.29, 1.82) is 0 Å². The van der Waals surface area contributed by atoms with E-state index in [1.165, 1.54) is 0 Å². The standard InChI is InChI=1S/C11H15Cl2NO2/c1-2-9(16-6-14)11(15)10-7(12)4-3-5-8(10)13/h3-5,9,11,15H,2,6,14H2,1H3. The van der Waals surface area contributed by atoms with Gasteiger partial charge in [0.05, 0.1) is 12.8 Å². The van der Waals surface area contributed by atoms with Gasteiger partial charge in [0.2, 0.25) is 0 Å². The van der Waals surface area contributed by atoms with Crippen LogP contribution in [0.15, 0.2) is 18.2 Å². The minimum Gasteiger partial charge on any atom is -0.386 e. The highest BCUT2D eigenvalue weighted by Gasteiger charge is 2.24. The number of benzene rings is 1. The van der Waals surface area contributed by atoms with Crippen LogP contribution in [0, 0.1) is 0 Å². The maximum absolute atomic E-state index is 10.1. The molecule has 0 radical (unpaired) electrons. The molecule has 0 amide bonds. The van der Waals surface area contributed by atoms with Crippen LogP contribution in [0.25, 0.3) is 0 Å². The highest BCUT2D eigenvalue weighted by Crippen LogP contribution is 2.33. The van der Waals surface area contributed by atoms with Crippen molar-refractivity contribution in [3.05, 3.63) is 33.8 Å². The highest BCUT2D eigenvalue weighted by atomic mass is 35.5. The maximum Gasteiger partial charge on any atom is 0.108 e. The summed E-state index contributed by atoms with van der Waals surface area (Å²) in [5.41, 5.74) is 5.79. The first-order chi connectivity index (χ1) is 7.61. The van der Waals surface area contributed by atoms with Gasteiger partial charge in [0.25, 0.3) is 0 Å². The molecule has 16 heavy (non-hydrogen) atoms. The summed E-state index contributed by atoms with van der Waals surface area (Å²) in [7, 11) is 0. The van der Waals surface area contributed by atoms with E-state index < -0.39 is 12.2 Å². The lowest BCUT2D eigenvalue weighted by molar-refractivity contribution is -0.0381. The largest absolute Gasteiger partial charge is 0.386 e. The Morgan fingerprint density at radius 1 is 1.38 bits per heavy atom. The molecule has 2 atom stereocenters. The molecule has 3 N–H and O–H groups in total. The van der Waals surface area contributed by atoms with E-state index in [1.807, 2.05) is 6.92 Å². The fraction of sp³-hybridized carbons (Fsp3) is 0.455. The molecule has 0 saturated carbocycles. The Bertz CT molecular complexity index is 327. The van der Waals surface area contributed by atoms with Crippen LogP contribution >= 0.6 is 23.2 Å². The second kappa shape index (κ2) is 6.42. The molecule has 5 heteroatoms. The number of halogens is 2. The molecule has 0 bridgehead atoms. The molecule has 0 aliphatic rings. The van der Waals surface area contributed by atoms with Gasteiger partial charge in [-0.15, -0.1) is 0 Å². The number of rotatable bonds is 5. The van der Waals surface area contributed by atoms with Crippen LogP contribution in [0.3, 0.4) is 0 Å². The summed E-state index contributed by atoms with van der Waals surface area (Å²) in [4.78, 5) is 0. The predicted octanol–water partition coefficient (Wildman–Crippen LogP) is 2.74. The summed E-state index contributed by atoms with van der Waals surface area (Å²) < 4.78 is 5.23. The number of aliphatic hydroxyl groups is 1. The fourth-order valence-electron chi connectivity index (χ4n) is 1.54. The Hall–Kier alpha value is -0.320. The summed E-state index contributed by atoms with van der Waals surface area (Å²) in [5.74, 6) is 0. The zero-order valence-electron chi connectivity index (χ0n) is 8.99. The topological polar surface area (TPSA) is 55.5 Å². The molecule has 0 fully saturated rings. The lowest BCUT2D eigenvalue weighted by Gasteiger charge is -2.23. The summed E-state index contributed by atoms with van der Waals surface area (Å²) in [6.45, 7) is 1.95. The Labute approximate surface area is 105 Å². The van der Waals surface area contributed by atoms with Gasteiger partial charge in [-0.3, -0.25) is 0 Å². The molecule has 1 aromatic rings. The number of ether oxygens (including phenoxy) is 1. The number of hydrogen-bond acceptors (Lipinski definition) is 3. The van der Waals surface area contributed by atoms with Crippen molar-refractivity contribution in [2.24, 2.45) is 5.73 Å². The highest BCUT2D eigenvalue weighted by molar-refractivity contribution is 6.36. The third-order valence-electron chi connectivity index (χ3n) is 2.36. The lowest BCUT2D eigenvalue weighted by Crippen LogP contribution is -2.25. The van der Waals surface area contributed by atoms with Crippen molar-refractivity contribution >= 4 is 23.2 Å². The molecule has 2 unspecified atom stereocenters.